The van der Waals surface area contributed by atoms with Gasteiger partial charge >= 0.3 is 0 Å². The molecule has 0 aromatic heterocycles. The van der Waals surface area contributed by atoms with Gasteiger partial charge in [-0.05, 0) is 118 Å². The third-order valence-corrected chi connectivity index (χ3v) is 10.8. The fraction of sp³-hybridized carbons (Fsp3) is 0.862. The van der Waals surface area contributed by atoms with Crippen molar-refractivity contribution in [2.75, 3.05) is 0 Å². The summed E-state index contributed by atoms with van der Waals surface area (Å²) >= 11 is 0. The van der Waals surface area contributed by atoms with Crippen LogP contribution in [0, 0.1) is 39.9 Å². The number of aliphatic hydroxyl groups is 1. The Hall–Kier alpha value is -0.560. The van der Waals surface area contributed by atoms with Gasteiger partial charge in [-0.1, -0.05) is 57.4 Å². The average Bonchev–Trinajstić information content (AvgIpc) is 3.02. The molecule has 30 heavy (non-hydrogen) atoms. The van der Waals surface area contributed by atoms with E-state index in [0.29, 0.717) is 16.7 Å². The normalized spacial score (nSPS) is 43.5. The van der Waals surface area contributed by atoms with Gasteiger partial charge in [0.05, 0.1) is 6.10 Å². The molecule has 4 rings (SSSR count). The van der Waals surface area contributed by atoms with Crippen molar-refractivity contribution >= 4 is 0 Å². The van der Waals surface area contributed by atoms with Gasteiger partial charge in [-0.2, -0.15) is 0 Å². The zero-order chi connectivity index (χ0) is 21.9. The SMILES string of the molecule is CC(C)=CCC[C@@H](C)[C@H]1CCC2C3=C(CC[C@@]21C)[C@@]1(C)CC[C@H](O)C(C)(C)[C@@H]1CC3. The van der Waals surface area contributed by atoms with Crippen LogP contribution < -0.4 is 0 Å². The lowest BCUT2D eigenvalue weighted by Crippen LogP contribution is -2.53. The van der Waals surface area contributed by atoms with Crippen LogP contribution in [0.1, 0.15) is 113 Å². The Balaban J connectivity index is 1.59. The van der Waals surface area contributed by atoms with Crippen molar-refractivity contribution < 1.29 is 5.11 Å². The van der Waals surface area contributed by atoms with E-state index in [4.69, 9.17) is 0 Å². The van der Waals surface area contributed by atoms with E-state index in [1.54, 1.807) is 0 Å². The van der Waals surface area contributed by atoms with Gasteiger partial charge in [0.25, 0.3) is 0 Å². The van der Waals surface area contributed by atoms with Gasteiger partial charge in [0.1, 0.15) is 0 Å². The molecule has 2 saturated carbocycles. The number of rotatable bonds is 4. The third-order valence-electron chi connectivity index (χ3n) is 10.8. The molecule has 4 aliphatic rings. The molecule has 1 heteroatoms. The van der Waals surface area contributed by atoms with Gasteiger partial charge in [-0.15, -0.1) is 0 Å². The summed E-state index contributed by atoms with van der Waals surface area (Å²) in [6.45, 7) is 16.9. The Labute approximate surface area is 186 Å². The van der Waals surface area contributed by atoms with Gasteiger partial charge in [0.2, 0.25) is 0 Å². The fourth-order valence-corrected chi connectivity index (χ4v) is 9.10. The van der Waals surface area contributed by atoms with Crippen LogP contribution in [0.3, 0.4) is 0 Å². The summed E-state index contributed by atoms with van der Waals surface area (Å²) in [6, 6.07) is 0. The van der Waals surface area contributed by atoms with Crippen LogP contribution >= 0.6 is 0 Å². The van der Waals surface area contributed by atoms with Crippen molar-refractivity contribution in [2.45, 2.75) is 119 Å². The molecule has 2 fully saturated rings. The molecule has 0 aromatic rings. The summed E-state index contributed by atoms with van der Waals surface area (Å²) in [6.07, 6.45) is 15.3. The average molecular weight is 413 g/mol. The highest BCUT2D eigenvalue weighted by molar-refractivity contribution is 5.35. The van der Waals surface area contributed by atoms with Crippen LogP contribution in [0.5, 0.6) is 0 Å². The topological polar surface area (TPSA) is 20.2 Å². The maximum atomic E-state index is 10.8. The largest absolute Gasteiger partial charge is 0.393 e. The highest BCUT2D eigenvalue weighted by Gasteiger charge is 2.59. The number of hydrogen-bond donors (Lipinski definition) is 1. The Kier molecular flexibility index (Phi) is 5.87. The zero-order valence-electron chi connectivity index (χ0n) is 21.0. The van der Waals surface area contributed by atoms with E-state index in [0.717, 1.165) is 24.2 Å². The first-order chi connectivity index (χ1) is 14.0. The van der Waals surface area contributed by atoms with E-state index in [1.807, 2.05) is 11.1 Å². The molecular formula is C29H48O. The first kappa shape index (κ1) is 22.6. The molecule has 0 saturated heterocycles. The molecule has 0 spiro atoms. The number of hydrogen-bond acceptors (Lipinski definition) is 1. The smallest absolute Gasteiger partial charge is 0.0594 e. The lowest BCUT2D eigenvalue weighted by molar-refractivity contribution is -0.0931. The predicted molar refractivity (Wildman–Crippen MR) is 128 cm³/mol. The molecule has 170 valence electrons. The maximum Gasteiger partial charge on any atom is 0.0594 e. The highest BCUT2D eigenvalue weighted by atomic mass is 16.3. The second-order valence-electron chi connectivity index (χ2n) is 13.0. The zero-order valence-corrected chi connectivity index (χ0v) is 21.0. The van der Waals surface area contributed by atoms with Crippen LogP contribution in [0.15, 0.2) is 22.8 Å². The highest BCUT2D eigenvalue weighted by Crippen LogP contribution is 2.68. The van der Waals surface area contributed by atoms with E-state index in [-0.39, 0.29) is 11.5 Å². The van der Waals surface area contributed by atoms with E-state index in [9.17, 15) is 5.11 Å². The van der Waals surface area contributed by atoms with Crippen LogP contribution in [-0.2, 0) is 0 Å². The minimum atomic E-state index is -0.121. The summed E-state index contributed by atoms with van der Waals surface area (Å²) in [5.74, 6) is 3.23. The molecule has 0 aromatic carbocycles. The van der Waals surface area contributed by atoms with Crippen LogP contribution in [0.25, 0.3) is 0 Å². The summed E-state index contributed by atoms with van der Waals surface area (Å²) in [4.78, 5) is 0. The number of fused-ring (bicyclic) bond motifs is 4. The monoisotopic (exact) mass is 412 g/mol. The van der Waals surface area contributed by atoms with Crippen molar-refractivity contribution in [3.63, 3.8) is 0 Å². The third kappa shape index (κ3) is 3.37. The fourth-order valence-electron chi connectivity index (χ4n) is 9.10. The minimum absolute atomic E-state index is 0.0595. The molecule has 0 radical (unpaired) electrons. The second kappa shape index (κ2) is 7.79. The van der Waals surface area contributed by atoms with E-state index >= 15 is 0 Å². The molecule has 7 atom stereocenters. The predicted octanol–water partition coefficient (Wildman–Crippen LogP) is 8.09. The molecule has 1 nitrogen and oxygen atoms in total. The summed E-state index contributed by atoms with van der Waals surface area (Å²) in [7, 11) is 0. The second-order valence-corrected chi connectivity index (χ2v) is 13.0. The van der Waals surface area contributed by atoms with Crippen molar-refractivity contribution in [3.8, 4) is 0 Å². The number of aliphatic hydroxyl groups excluding tert-OH is 1. The van der Waals surface area contributed by atoms with Crippen LogP contribution in [0.4, 0.5) is 0 Å². The Morgan fingerprint density at radius 3 is 2.47 bits per heavy atom. The maximum absolute atomic E-state index is 10.8. The van der Waals surface area contributed by atoms with E-state index in [2.05, 4.69) is 54.5 Å². The first-order valence-electron chi connectivity index (χ1n) is 13.1. The van der Waals surface area contributed by atoms with E-state index in [1.165, 1.54) is 63.4 Å². The molecule has 0 bridgehead atoms. The molecule has 1 unspecified atom stereocenters. The van der Waals surface area contributed by atoms with Gasteiger partial charge < -0.3 is 5.11 Å². The summed E-state index contributed by atoms with van der Waals surface area (Å²) in [5.41, 5.74) is 6.15. The molecule has 0 aliphatic heterocycles. The van der Waals surface area contributed by atoms with Crippen LogP contribution in [0.2, 0.25) is 0 Å². The Morgan fingerprint density at radius 1 is 1.03 bits per heavy atom. The molecule has 0 heterocycles. The summed E-state index contributed by atoms with van der Waals surface area (Å²) in [5, 5.41) is 10.8. The van der Waals surface area contributed by atoms with Crippen molar-refractivity contribution in [1.82, 2.24) is 0 Å². The van der Waals surface area contributed by atoms with Gasteiger partial charge in [-0.3, -0.25) is 0 Å². The summed E-state index contributed by atoms with van der Waals surface area (Å²) < 4.78 is 0. The Morgan fingerprint density at radius 2 is 1.77 bits per heavy atom. The quantitative estimate of drug-likeness (QED) is 0.462. The van der Waals surface area contributed by atoms with Gasteiger partial charge in [0.15, 0.2) is 0 Å². The molecule has 0 amide bonds. The number of allylic oxidation sites excluding steroid dienone is 4. The van der Waals surface area contributed by atoms with Crippen molar-refractivity contribution in [2.24, 2.45) is 39.9 Å². The Bertz CT molecular complexity index is 723. The lowest BCUT2D eigenvalue weighted by Gasteiger charge is -2.60. The first-order valence-corrected chi connectivity index (χ1v) is 13.1. The van der Waals surface area contributed by atoms with Crippen molar-refractivity contribution in [1.29, 1.82) is 0 Å². The van der Waals surface area contributed by atoms with Crippen molar-refractivity contribution in [3.05, 3.63) is 22.8 Å². The lowest BCUT2D eigenvalue weighted by atomic mass is 9.46. The van der Waals surface area contributed by atoms with Gasteiger partial charge in [0, 0.05) is 0 Å². The molecule has 1 N–H and O–H groups in total. The molecular weight excluding hydrogens is 364 g/mol. The molecule has 4 aliphatic carbocycles. The van der Waals surface area contributed by atoms with Crippen LogP contribution in [-0.4, -0.2) is 11.2 Å². The minimum Gasteiger partial charge on any atom is -0.393 e. The van der Waals surface area contributed by atoms with Gasteiger partial charge in [-0.25, -0.2) is 0 Å². The standard InChI is InChI=1S/C29H48O/c1-19(2)9-8-10-20(3)22-12-13-23-21-11-14-25-27(4,5)26(30)16-18-29(25,7)24(21)15-17-28(22,23)6/h9,20,22-23,25-26,30H,8,10-18H2,1-7H3/t20-,22-,23?,25+,26+,28-,29-/m1/s1. The van der Waals surface area contributed by atoms with E-state index < -0.39 is 0 Å².